The summed E-state index contributed by atoms with van der Waals surface area (Å²) in [7, 11) is 0. The molecule has 2 atom stereocenters. The Labute approximate surface area is 126 Å². The highest BCUT2D eigenvalue weighted by molar-refractivity contribution is 5.93. The summed E-state index contributed by atoms with van der Waals surface area (Å²) < 4.78 is 5.57. The van der Waals surface area contributed by atoms with E-state index in [1.807, 2.05) is 32.0 Å². The Morgan fingerprint density at radius 3 is 3.00 bits per heavy atom. The van der Waals surface area contributed by atoms with E-state index in [-0.39, 0.29) is 17.9 Å². The molecule has 1 aliphatic rings. The maximum atomic E-state index is 12.3. The van der Waals surface area contributed by atoms with Crippen LogP contribution in [0.3, 0.4) is 0 Å². The third-order valence-electron chi connectivity index (χ3n) is 3.77. The number of anilines is 1. The molecule has 4 nitrogen and oxygen atoms in total. The Morgan fingerprint density at radius 1 is 1.52 bits per heavy atom. The van der Waals surface area contributed by atoms with Crippen LogP contribution in [0.15, 0.2) is 18.2 Å². The average molecular weight is 286 g/mol. The molecule has 0 saturated carbocycles. The first kappa shape index (κ1) is 15.6. The highest BCUT2D eigenvalue weighted by Crippen LogP contribution is 2.25. The zero-order valence-corrected chi connectivity index (χ0v) is 12.6. The highest BCUT2D eigenvalue weighted by Gasteiger charge is 2.32. The number of nitrogens with two attached hydrogens (primary N) is 1. The van der Waals surface area contributed by atoms with Gasteiger partial charge in [0, 0.05) is 17.9 Å². The van der Waals surface area contributed by atoms with Gasteiger partial charge in [0.2, 0.25) is 5.91 Å². The molecule has 0 aliphatic carbocycles. The molecule has 2 rings (SSSR count). The van der Waals surface area contributed by atoms with Crippen molar-refractivity contribution in [1.29, 1.82) is 0 Å². The maximum absolute atomic E-state index is 12.3. The Kier molecular flexibility index (Phi) is 5.38. The number of carbonyl (C=O) groups excluding carboxylic acids is 1. The number of rotatable bonds is 3. The van der Waals surface area contributed by atoms with Gasteiger partial charge >= 0.3 is 0 Å². The summed E-state index contributed by atoms with van der Waals surface area (Å²) >= 11 is 0. The molecule has 2 unspecified atom stereocenters. The number of benzene rings is 1. The van der Waals surface area contributed by atoms with E-state index in [0.29, 0.717) is 13.2 Å². The zero-order valence-electron chi connectivity index (χ0n) is 12.6. The third-order valence-corrected chi connectivity index (χ3v) is 3.77. The van der Waals surface area contributed by atoms with E-state index in [1.165, 1.54) is 0 Å². The second-order valence-electron chi connectivity index (χ2n) is 5.24. The van der Waals surface area contributed by atoms with Crippen LogP contribution in [-0.4, -0.2) is 25.2 Å². The molecule has 1 saturated heterocycles. The molecule has 1 aromatic rings. The fourth-order valence-electron chi connectivity index (χ4n) is 2.61. The fraction of sp³-hybridized carbons (Fsp3) is 0.471. The summed E-state index contributed by atoms with van der Waals surface area (Å²) in [6.07, 6.45) is 1.70. The molecule has 3 N–H and O–H groups in total. The first-order chi connectivity index (χ1) is 10.2. The number of amides is 1. The Balaban J connectivity index is 2.06. The number of ether oxygens (including phenoxy) is 1. The molecule has 1 amide bonds. The minimum atomic E-state index is -0.0491. The predicted molar refractivity (Wildman–Crippen MR) is 83.9 cm³/mol. The van der Waals surface area contributed by atoms with Crippen molar-refractivity contribution >= 4 is 11.6 Å². The summed E-state index contributed by atoms with van der Waals surface area (Å²) in [5.74, 6) is 5.85. The van der Waals surface area contributed by atoms with Gasteiger partial charge < -0.3 is 15.8 Å². The van der Waals surface area contributed by atoms with Crippen LogP contribution < -0.4 is 11.1 Å². The molecule has 0 bridgehead atoms. The summed E-state index contributed by atoms with van der Waals surface area (Å²) in [5, 5.41) is 2.98. The van der Waals surface area contributed by atoms with Gasteiger partial charge in [-0.2, -0.15) is 0 Å². The van der Waals surface area contributed by atoms with Crippen molar-refractivity contribution in [2.45, 2.75) is 32.8 Å². The topological polar surface area (TPSA) is 64.3 Å². The van der Waals surface area contributed by atoms with Crippen molar-refractivity contribution in [1.82, 2.24) is 0 Å². The van der Waals surface area contributed by atoms with Gasteiger partial charge in [-0.25, -0.2) is 0 Å². The van der Waals surface area contributed by atoms with E-state index in [1.54, 1.807) is 0 Å². The van der Waals surface area contributed by atoms with E-state index in [4.69, 9.17) is 10.5 Å². The minimum absolute atomic E-state index is 0.0412. The first-order valence-corrected chi connectivity index (χ1v) is 7.37. The smallest absolute Gasteiger partial charge is 0.230 e. The largest absolute Gasteiger partial charge is 0.377 e. The maximum Gasteiger partial charge on any atom is 0.230 e. The van der Waals surface area contributed by atoms with E-state index in [0.717, 1.165) is 29.7 Å². The summed E-state index contributed by atoms with van der Waals surface area (Å²) in [6.45, 7) is 5.04. The Hall–Kier alpha value is -1.83. The molecular weight excluding hydrogens is 264 g/mol. The quantitative estimate of drug-likeness (QED) is 0.836. The lowest BCUT2D eigenvalue weighted by Crippen LogP contribution is -2.29. The number of aryl methyl sites for hydroxylation is 1. The second kappa shape index (κ2) is 7.26. The standard InChI is InChI=1S/C17H22N2O2/c1-3-16-15(8-10-21-16)17(20)19-14-7-6-13(5-4-9-18)12(2)11-14/h6-7,11,15-16H,3,8-10,18H2,1-2H3,(H,19,20). The average Bonchev–Trinajstić information content (AvgIpc) is 2.95. The Bertz CT molecular complexity index is 572. The van der Waals surface area contributed by atoms with Gasteiger partial charge in [-0.1, -0.05) is 18.8 Å². The van der Waals surface area contributed by atoms with Crippen LogP contribution in [0.2, 0.25) is 0 Å². The SMILES string of the molecule is CCC1OCCC1C(=O)Nc1ccc(C#CCN)c(C)c1. The van der Waals surface area contributed by atoms with Gasteiger partial charge in [0.25, 0.3) is 0 Å². The van der Waals surface area contributed by atoms with E-state index in [2.05, 4.69) is 17.2 Å². The molecule has 21 heavy (non-hydrogen) atoms. The molecule has 1 fully saturated rings. The lowest BCUT2D eigenvalue weighted by Gasteiger charge is -2.16. The normalized spacial score (nSPS) is 20.7. The van der Waals surface area contributed by atoms with Crippen molar-refractivity contribution in [3.05, 3.63) is 29.3 Å². The van der Waals surface area contributed by atoms with Crippen LogP contribution in [0, 0.1) is 24.7 Å². The molecule has 1 aromatic carbocycles. The second-order valence-corrected chi connectivity index (χ2v) is 5.24. The van der Waals surface area contributed by atoms with Crippen molar-refractivity contribution in [2.75, 3.05) is 18.5 Å². The molecule has 4 heteroatoms. The number of carbonyl (C=O) groups is 1. The van der Waals surface area contributed by atoms with Crippen LogP contribution in [-0.2, 0) is 9.53 Å². The predicted octanol–water partition coefficient (Wildman–Crippen LogP) is 2.06. The highest BCUT2D eigenvalue weighted by atomic mass is 16.5. The van der Waals surface area contributed by atoms with Crippen LogP contribution in [0.1, 0.15) is 30.9 Å². The van der Waals surface area contributed by atoms with Crippen LogP contribution in [0.25, 0.3) is 0 Å². The Morgan fingerprint density at radius 2 is 2.33 bits per heavy atom. The molecular formula is C17H22N2O2. The van der Waals surface area contributed by atoms with E-state index < -0.39 is 0 Å². The van der Waals surface area contributed by atoms with Crippen molar-refractivity contribution in [3.63, 3.8) is 0 Å². The summed E-state index contributed by atoms with van der Waals surface area (Å²) in [6, 6.07) is 5.73. The van der Waals surface area contributed by atoms with Gasteiger partial charge in [0.15, 0.2) is 0 Å². The van der Waals surface area contributed by atoms with E-state index in [9.17, 15) is 4.79 Å². The molecule has 112 valence electrons. The van der Waals surface area contributed by atoms with Gasteiger partial charge in [-0.3, -0.25) is 4.79 Å². The van der Waals surface area contributed by atoms with Crippen LogP contribution in [0.4, 0.5) is 5.69 Å². The van der Waals surface area contributed by atoms with Crippen molar-refractivity contribution in [3.8, 4) is 11.8 Å². The first-order valence-electron chi connectivity index (χ1n) is 7.37. The minimum Gasteiger partial charge on any atom is -0.377 e. The van der Waals surface area contributed by atoms with Gasteiger partial charge in [-0.05, 0) is 43.5 Å². The van der Waals surface area contributed by atoms with Crippen LogP contribution in [0.5, 0.6) is 0 Å². The summed E-state index contributed by atoms with van der Waals surface area (Å²) in [5.41, 5.74) is 8.15. The monoisotopic (exact) mass is 286 g/mol. The van der Waals surface area contributed by atoms with Crippen LogP contribution >= 0.6 is 0 Å². The van der Waals surface area contributed by atoms with Crippen molar-refractivity contribution < 1.29 is 9.53 Å². The number of hydrogen-bond donors (Lipinski definition) is 2. The summed E-state index contributed by atoms with van der Waals surface area (Å²) in [4.78, 5) is 12.3. The molecule has 1 heterocycles. The third kappa shape index (κ3) is 3.84. The number of hydrogen-bond acceptors (Lipinski definition) is 3. The lowest BCUT2D eigenvalue weighted by atomic mass is 9.98. The molecule has 0 spiro atoms. The zero-order chi connectivity index (χ0) is 15.2. The number of nitrogens with one attached hydrogen (secondary N) is 1. The van der Waals surface area contributed by atoms with Gasteiger partial charge in [0.05, 0.1) is 18.6 Å². The molecule has 1 aliphatic heterocycles. The van der Waals surface area contributed by atoms with Gasteiger partial charge in [-0.15, -0.1) is 0 Å². The molecule has 0 aromatic heterocycles. The fourth-order valence-corrected chi connectivity index (χ4v) is 2.61. The lowest BCUT2D eigenvalue weighted by molar-refractivity contribution is -0.121. The molecule has 0 radical (unpaired) electrons. The van der Waals surface area contributed by atoms with Crippen molar-refractivity contribution in [2.24, 2.45) is 11.7 Å². The van der Waals surface area contributed by atoms with E-state index >= 15 is 0 Å². The van der Waals surface area contributed by atoms with Gasteiger partial charge in [0.1, 0.15) is 0 Å².